The molecule has 1 aromatic rings. The predicted octanol–water partition coefficient (Wildman–Crippen LogP) is 3.42. The molecule has 112 valence electrons. The minimum Gasteiger partial charge on any atom is -0.362 e. The van der Waals surface area contributed by atoms with Gasteiger partial charge in [-0.25, -0.2) is 0 Å². The number of epoxide rings is 1. The lowest BCUT2D eigenvalue weighted by atomic mass is 10.0. The van der Waals surface area contributed by atoms with Crippen molar-refractivity contribution in [3.05, 3.63) is 35.9 Å². The van der Waals surface area contributed by atoms with Crippen LogP contribution in [0.1, 0.15) is 5.56 Å². The quantitative estimate of drug-likeness (QED) is 0.628. The standard InChI is InChI=1S/C12H10F6O2/c13-11(14,15)9(12(16,17)18)19-6-10(7-20-10)8-4-2-1-3-5-8/h1-5,9H,6-7H2. The molecule has 1 aromatic carbocycles. The molecule has 0 spiro atoms. The van der Waals surface area contributed by atoms with E-state index in [1.807, 2.05) is 0 Å². The Labute approximate surface area is 110 Å². The Bertz CT molecular complexity index is 435. The summed E-state index contributed by atoms with van der Waals surface area (Å²) in [5.74, 6) is 0. The highest BCUT2D eigenvalue weighted by atomic mass is 19.4. The maximum Gasteiger partial charge on any atom is 0.423 e. The summed E-state index contributed by atoms with van der Waals surface area (Å²) in [5.41, 5.74) is -0.723. The van der Waals surface area contributed by atoms with E-state index in [0.29, 0.717) is 5.56 Å². The largest absolute Gasteiger partial charge is 0.423 e. The van der Waals surface area contributed by atoms with Crippen molar-refractivity contribution in [2.45, 2.75) is 24.1 Å². The molecule has 1 aliphatic heterocycles. The Morgan fingerprint density at radius 1 is 1.05 bits per heavy atom. The molecule has 0 N–H and O–H groups in total. The van der Waals surface area contributed by atoms with Crippen molar-refractivity contribution in [1.82, 2.24) is 0 Å². The van der Waals surface area contributed by atoms with E-state index in [1.54, 1.807) is 30.3 Å². The van der Waals surface area contributed by atoms with Gasteiger partial charge in [0.25, 0.3) is 0 Å². The van der Waals surface area contributed by atoms with Crippen LogP contribution in [-0.4, -0.2) is 31.7 Å². The van der Waals surface area contributed by atoms with E-state index in [4.69, 9.17) is 4.74 Å². The van der Waals surface area contributed by atoms with Crippen LogP contribution in [0, 0.1) is 0 Å². The summed E-state index contributed by atoms with van der Waals surface area (Å²) in [6.07, 6.45) is -14.8. The Morgan fingerprint density at radius 2 is 1.55 bits per heavy atom. The molecular formula is C12H10F6O2. The van der Waals surface area contributed by atoms with Gasteiger partial charge < -0.3 is 9.47 Å². The second kappa shape index (κ2) is 4.92. The van der Waals surface area contributed by atoms with Crippen LogP contribution in [0.5, 0.6) is 0 Å². The van der Waals surface area contributed by atoms with Crippen molar-refractivity contribution in [2.24, 2.45) is 0 Å². The third-order valence-electron chi connectivity index (χ3n) is 2.87. The number of ether oxygens (including phenoxy) is 2. The summed E-state index contributed by atoms with van der Waals surface area (Å²) in [5, 5.41) is 0. The van der Waals surface area contributed by atoms with Gasteiger partial charge in [0.2, 0.25) is 6.10 Å². The van der Waals surface area contributed by atoms with Crippen molar-refractivity contribution in [3.63, 3.8) is 0 Å². The average molecular weight is 300 g/mol. The molecular weight excluding hydrogens is 290 g/mol. The Hall–Kier alpha value is -1.28. The molecule has 0 aromatic heterocycles. The van der Waals surface area contributed by atoms with Crippen LogP contribution in [0.3, 0.4) is 0 Å². The monoisotopic (exact) mass is 300 g/mol. The first-order valence-corrected chi connectivity index (χ1v) is 5.60. The Balaban J connectivity index is 2.08. The zero-order chi connectivity index (χ0) is 15.0. The summed E-state index contributed by atoms with van der Waals surface area (Å²) in [6.45, 7) is -0.778. The SMILES string of the molecule is FC(F)(F)C(OCC1(c2ccccc2)CO1)C(F)(F)F. The first kappa shape index (κ1) is 15.1. The molecule has 1 fully saturated rings. The maximum atomic E-state index is 12.3. The minimum absolute atomic E-state index is 0.0272. The van der Waals surface area contributed by atoms with E-state index in [1.165, 1.54) is 0 Å². The lowest BCUT2D eigenvalue weighted by Crippen LogP contribution is -2.45. The van der Waals surface area contributed by atoms with Gasteiger partial charge in [-0.05, 0) is 5.56 Å². The van der Waals surface area contributed by atoms with E-state index < -0.39 is 30.7 Å². The highest BCUT2D eigenvalue weighted by Gasteiger charge is 2.59. The molecule has 0 aliphatic carbocycles. The molecule has 1 atom stereocenters. The van der Waals surface area contributed by atoms with E-state index in [-0.39, 0.29) is 6.61 Å². The zero-order valence-corrected chi connectivity index (χ0v) is 9.96. The summed E-state index contributed by atoms with van der Waals surface area (Å²) in [4.78, 5) is 0. The van der Waals surface area contributed by atoms with Gasteiger partial charge in [0.05, 0.1) is 13.2 Å². The molecule has 0 saturated carbocycles. The number of hydrogen-bond acceptors (Lipinski definition) is 2. The Morgan fingerprint density at radius 3 is 1.95 bits per heavy atom. The van der Waals surface area contributed by atoms with Gasteiger partial charge in [-0.3, -0.25) is 0 Å². The zero-order valence-electron chi connectivity index (χ0n) is 9.96. The van der Waals surface area contributed by atoms with Crippen LogP contribution in [-0.2, 0) is 15.1 Å². The fraction of sp³-hybridized carbons (Fsp3) is 0.500. The topological polar surface area (TPSA) is 21.8 Å². The van der Waals surface area contributed by atoms with Crippen LogP contribution in [0.2, 0.25) is 0 Å². The van der Waals surface area contributed by atoms with Gasteiger partial charge in [-0.1, -0.05) is 30.3 Å². The highest BCUT2D eigenvalue weighted by Crippen LogP contribution is 2.42. The summed E-state index contributed by atoms with van der Waals surface area (Å²) in [7, 11) is 0. The minimum atomic E-state index is -5.51. The molecule has 1 heterocycles. The van der Waals surface area contributed by atoms with Crippen LogP contribution < -0.4 is 0 Å². The van der Waals surface area contributed by atoms with E-state index in [0.717, 1.165) is 0 Å². The van der Waals surface area contributed by atoms with Crippen molar-refractivity contribution in [3.8, 4) is 0 Å². The van der Waals surface area contributed by atoms with Crippen LogP contribution in [0.4, 0.5) is 26.3 Å². The van der Waals surface area contributed by atoms with Crippen LogP contribution in [0.15, 0.2) is 30.3 Å². The third-order valence-corrected chi connectivity index (χ3v) is 2.87. The fourth-order valence-corrected chi connectivity index (χ4v) is 1.75. The van der Waals surface area contributed by atoms with E-state index in [2.05, 4.69) is 4.74 Å². The molecule has 1 aliphatic rings. The van der Waals surface area contributed by atoms with Crippen LogP contribution >= 0.6 is 0 Å². The fourth-order valence-electron chi connectivity index (χ4n) is 1.75. The first-order valence-electron chi connectivity index (χ1n) is 5.60. The lowest BCUT2D eigenvalue weighted by molar-refractivity contribution is -0.324. The van der Waals surface area contributed by atoms with Crippen molar-refractivity contribution in [2.75, 3.05) is 13.2 Å². The van der Waals surface area contributed by atoms with Gasteiger partial charge >= 0.3 is 12.4 Å². The smallest absolute Gasteiger partial charge is 0.362 e. The van der Waals surface area contributed by atoms with Gasteiger partial charge in [0, 0.05) is 0 Å². The molecule has 20 heavy (non-hydrogen) atoms. The number of alkyl halides is 6. The van der Waals surface area contributed by atoms with E-state index >= 15 is 0 Å². The third kappa shape index (κ3) is 3.24. The normalized spacial score (nSPS) is 23.1. The molecule has 2 rings (SSSR count). The molecule has 1 saturated heterocycles. The van der Waals surface area contributed by atoms with Gasteiger partial charge in [-0.2, -0.15) is 26.3 Å². The number of halogens is 6. The summed E-state index contributed by atoms with van der Waals surface area (Å²) < 4.78 is 83.0. The lowest BCUT2D eigenvalue weighted by Gasteiger charge is -2.24. The molecule has 8 heteroatoms. The predicted molar refractivity (Wildman–Crippen MR) is 55.9 cm³/mol. The van der Waals surface area contributed by atoms with Crippen molar-refractivity contribution in [1.29, 1.82) is 0 Å². The van der Waals surface area contributed by atoms with Crippen molar-refractivity contribution >= 4 is 0 Å². The maximum absolute atomic E-state index is 12.3. The molecule has 0 radical (unpaired) electrons. The average Bonchev–Trinajstić information content (AvgIpc) is 3.08. The van der Waals surface area contributed by atoms with Gasteiger partial charge in [0.15, 0.2) is 0 Å². The second-order valence-electron chi connectivity index (χ2n) is 4.42. The van der Waals surface area contributed by atoms with Gasteiger partial charge in [-0.15, -0.1) is 0 Å². The molecule has 0 amide bonds. The number of benzene rings is 1. The van der Waals surface area contributed by atoms with E-state index in [9.17, 15) is 26.3 Å². The molecule has 1 unspecified atom stereocenters. The van der Waals surface area contributed by atoms with Crippen LogP contribution in [0.25, 0.3) is 0 Å². The second-order valence-corrected chi connectivity index (χ2v) is 4.42. The molecule has 2 nitrogen and oxygen atoms in total. The van der Waals surface area contributed by atoms with Crippen molar-refractivity contribution < 1.29 is 35.8 Å². The molecule has 0 bridgehead atoms. The number of rotatable bonds is 4. The Kier molecular flexibility index (Phi) is 3.72. The van der Waals surface area contributed by atoms with Gasteiger partial charge in [0.1, 0.15) is 5.60 Å². The number of hydrogen-bond donors (Lipinski definition) is 0. The summed E-state index contributed by atoms with van der Waals surface area (Å²) in [6, 6.07) is 8.03. The first-order chi connectivity index (χ1) is 9.15. The highest BCUT2D eigenvalue weighted by molar-refractivity contribution is 5.26. The summed E-state index contributed by atoms with van der Waals surface area (Å²) >= 11 is 0.